The van der Waals surface area contributed by atoms with E-state index < -0.39 is 18.0 Å². The molecule has 0 amide bonds. The molecule has 0 aromatic carbocycles. The van der Waals surface area contributed by atoms with Crippen molar-refractivity contribution in [2.24, 2.45) is 0 Å². The summed E-state index contributed by atoms with van der Waals surface area (Å²) in [4.78, 5) is 26.5. The minimum Gasteiger partial charge on any atom is -0.466 e. The van der Waals surface area contributed by atoms with Crippen LogP contribution in [0.15, 0.2) is 24.4 Å². The maximum Gasteiger partial charge on any atom is 0.353 e. The molecule has 0 saturated heterocycles. The molecule has 0 aliphatic carbocycles. The summed E-state index contributed by atoms with van der Waals surface area (Å²) in [6, 6.07) is 5.02. The summed E-state index contributed by atoms with van der Waals surface area (Å²) in [5, 5.41) is 0. The first-order chi connectivity index (χ1) is 7.69. The summed E-state index contributed by atoms with van der Waals surface area (Å²) in [5.74, 6) is -1.11. The zero-order valence-electron chi connectivity index (χ0n) is 9.17. The lowest BCUT2D eigenvalue weighted by Gasteiger charge is -2.14. The zero-order chi connectivity index (χ0) is 12.0. The van der Waals surface area contributed by atoms with Gasteiger partial charge < -0.3 is 9.47 Å². The summed E-state index contributed by atoms with van der Waals surface area (Å²) in [7, 11) is 1.23. The van der Waals surface area contributed by atoms with Crippen LogP contribution in [0.4, 0.5) is 0 Å². The van der Waals surface area contributed by atoms with E-state index >= 15 is 0 Å². The van der Waals surface area contributed by atoms with Crippen LogP contribution in [0.2, 0.25) is 0 Å². The lowest BCUT2D eigenvalue weighted by Crippen LogP contribution is -2.21. The minimum atomic E-state index is -1.08. The largest absolute Gasteiger partial charge is 0.466 e. The van der Waals surface area contributed by atoms with E-state index in [4.69, 9.17) is 4.74 Å². The van der Waals surface area contributed by atoms with E-state index in [0.29, 0.717) is 5.69 Å². The second-order valence-corrected chi connectivity index (χ2v) is 3.00. The Bertz CT molecular complexity index is 364. The first-order valence-electron chi connectivity index (χ1n) is 4.87. The van der Waals surface area contributed by atoms with Crippen LogP contribution in [-0.4, -0.2) is 24.0 Å². The van der Waals surface area contributed by atoms with Crippen molar-refractivity contribution >= 4 is 11.9 Å². The molecule has 0 radical (unpaired) electrons. The van der Waals surface area contributed by atoms with E-state index in [1.165, 1.54) is 13.3 Å². The van der Waals surface area contributed by atoms with Crippen molar-refractivity contribution in [3.05, 3.63) is 30.1 Å². The maximum atomic E-state index is 11.4. The fourth-order valence-corrected chi connectivity index (χ4v) is 1.08. The van der Waals surface area contributed by atoms with Gasteiger partial charge in [-0.2, -0.15) is 0 Å². The monoisotopic (exact) mass is 223 g/mol. The predicted molar refractivity (Wildman–Crippen MR) is 55.4 cm³/mol. The average molecular weight is 223 g/mol. The number of esters is 2. The van der Waals surface area contributed by atoms with Gasteiger partial charge in [-0.05, 0) is 12.1 Å². The Balaban J connectivity index is 2.88. The van der Waals surface area contributed by atoms with Crippen molar-refractivity contribution in [1.29, 1.82) is 0 Å². The molecular weight excluding hydrogens is 210 g/mol. The van der Waals surface area contributed by atoms with E-state index in [9.17, 15) is 9.59 Å². The zero-order valence-corrected chi connectivity index (χ0v) is 9.17. The molecule has 0 spiro atoms. The van der Waals surface area contributed by atoms with E-state index in [0.717, 1.165) is 0 Å². The molecule has 0 bridgehead atoms. The molecule has 0 aliphatic heterocycles. The Morgan fingerprint density at radius 3 is 2.69 bits per heavy atom. The Morgan fingerprint density at radius 1 is 1.44 bits per heavy atom. The summed E-state index contributed by atoms with van der Waals surface area (Å²) in [6.45, 7) is 1.65. The van der Waals surface area contributed by atoms with Gasteiger partial charge in [0.15, 0.2) is 0 Å². The van der Waals surface area contributed by atoms with Gasteiger partial charge in [0.25, 0.3) is 0 Å². The molecule has 0 aliphatic rings. The van der Waals surface area contributed by atoms with Crippen LogP contribution in [0.25, 0.3) is 0 Å². The van der Waals surface area contributed by atoms with Gasteiger partial charge in [-0.25, -0.2) is 4.79 Å². The molecule has 1 aromatic heterocycles. The molecule has 1 atom stereocenters. The fourth-order valence-electron chi connectivity index (χ4n) is 1.08. The van der Waals surface area contributed by atoms with Gasteiger partial charge >= 0.3 is 11.9 Å². The lowest BCUT2D eigenvalue weighted by atomic mass is 10.2. The Morgan fingerprint density at radius 2 is 2.19 bits per heavy atom. The highest BCUT2D eigenvalue weighted by molar-refractivity contribution is 5.80. The normalized spacial score (nSPS) is 11.6. The first-order valence-corrected chi connectivity index (χ1v) is 4.87. The number of hydrogen-bond acceptors (Lipinski definition) is 5. The van der Waals surface area contributed by atoms with Gasteiger partial charge in [0.2, 0.25) is 6.10 Å². The van der Waals surface area contributed by atoms with Crippen molar-refractivity contribution in [2.45, 2.75) is 19.4 Å². The Labute approximate surface area is 93.4 Å². The van der Waals surface area contributed by atoms with Crippen LogP contribution in [0.5, 0.6) is 0 Å². The van der Waals surface area contributed by atoms with E-state index in [1.54, 1.807) is 25.1 Å². The second kappa shape index (κ2) is 5.85. The molecule has 0 N–H and O–H groups in total. The molecule has 1 aromatic rings. The molecular formula is C11H13NO4. The van der Waals surface area contributed by atoms with Gasteiger partial charge in [0.05, 0.1) is 12.8 Å². The van der Waals surface area contributed by atoms with Gasteiger partial charge in [-0.15, -0.1) is 0 Å². The number of ether oxygens (including phenoxy) is 2. The number of carbonyl (C=O) groups is 2. The summed E-state index contributed by atoms with van der Waals surface area (Å²) in [5.41, 5.74) is 0.358. The van der Waals surface area contributed by atoms with Gasteiger partial charge in [0.1, 0.15) is 0 Å². The summed E-state index contributed by atoms with van der Waals surface area (Å²) < 4.78 is 9.52. The van der Waals surface area contributed by atoms with E-state index in [-0.39, 0.29) is 6.42 Å². The number of pyridine rings is 1. The van der Waals surface area contributed by atoms with Crippen molar-refractivity contribution in [2.75, 3.05) is 7.11 Å². The Hall–Kier alpha value is -1.91. The standard InChI is InChI=1S/C11H13NO4/c1-3-9(13)16-10(11(14)15-2)8-6-4-5-7-12-8/h4-7,10H,3H2,1-2H3. The fraction of sp³-hybridized carbons (Fsp3) is 0.364. The first kappa shape index (κ1) is 12.2. The maximum absolute atomic E-state index is 11.4. The second-order valence-electron chi connectivity index (χ2n) is 3.00. The van der Waals surface area contributed by atoms with E-state index in [1.807, 2.05) is 0 Å². The molecule has 1 unspecified atom stereocenters. The molecule has 16 heavy (non-hydrogen) atoms. The SMILES string of the molecule is CCC(=O)OC(C(=O)OC)c1ccccn1. The highest BCUT2D eigenvalue weighted by atomic mass is 16.6. The van der Waals surface area contributed by atoms with Crippen LogP contribution in [0.1, 0.15) is 25.1 Å². The smallest absolute Gasteiger partial charge is 0.353 e. The van der Waals surface area contributed by atoms with Crippen LogP contribution in [-0.2, 0) is 19.1 Å². The molecule has 1 heterocycles. The summed E-state index contributed by atoms with van der Waals surface area (Å²) in [6.07, 6.45) is 0.629. The molecule has 0 saturated carbocycles. The molecule has 5 heteroatoms. The van der Waals surface area contributed by atoms with Crippen molar-refractivity contribution in [1.82, 2.24) is 4.98 Å². The van der Waals surface area contributed by atoms with Crippen LogP contribution < -0.4 is 0 Å². The third-order valence-corrected chi connectivity index (χ3v) is 1.91. The number of methoxy groups -OCH3 is 1. The molecule has 0 fully saturated rings. The Kier molecular flexibility index (Phi) is 4.44. The number of rotatable bonds is 4. The highest BCUT2D eigenvalue weighted by Crippen LogP contribution is 2.17. The van der Waals surface area contributed by atoms with Crippen molar-refractivity contribution in [3.63, 3.8) is 0 Å². The predicted octanol–water partition coefficient (Wildman–Crippen LogP) is 1.25. The third-order valence-electron chi connectivity index (χ3n) is 1.91. The van der Waals surface area contributed by atoms with Crippen LogP contribution in [0, 0.1) is 0 Å². The number of aromatic nitrogens is 1. The summed E-state index contributed by atoms with van der Waals surface area (Å²) >= 11 is 0. The highest BCUT2D eigenvalue weighted by Gasteiger charge is 2.26. The number of carbonyl (C=O) groups excluding carboxylic acids is 2. The topological polar surface area (TPSA) is 65.5 Å². The van der Waals surface area contributed by atoms with Crippen LogP contribution in [0.3, 0.4) is 0 Å². The van der Waals surface area contributed by atoms with Gasteiger partial charge in [-0.1, -0.05) is 13.0 Å². The number of hydrogen-bond donors (Lipinski definition) is 0. The lowest BCUT2D eigenvalue weighted by molar-refractivity contribution is -0.166. The van der Waals surface area contributed by atoms with E-state index in [2.05, 4.69) is 9.72 Å². The van der Waals surface area contributed by atoms with Crippen molar-refractivity contribution in [3.8, 4) is 0 Å². The number of nitrogens with zero attached hydrogens (tertiary/aromatic N) is 1. The quantitative estimate of drug-likeness (QED) is 0.719. The molecule has 86 valence electrons. The molecule has 5 nitrogen and oxygen atoms in total. The average Bonchev–Trinajstić information content (AvgIpc) is 2.35. The van der Waals surface area contributed by atoms with Crippen molar-refractivity contribution < 1.29 is 19.1 Å². The van der Waals surface area contributed by atoms with Crippen LogP contribution >= 0.6 is 0 Å². The molecule has 1 rings (SSSR count). The van der Waals surface area contributed by atoms with Gasteiger partial charge in [-0.3, -0.25) is 9.78 Å². The minimum absolute atomic E-state index is 0.195. The third kappa shape index (κ3) is 3.05. The van der Waals surface area contributed by atoms with Gasteiger partial charge in [0, 0.05) is 12.6 Å².